The van der Waals surface area contributed by atoms with Crippen LogP contribution in [0, 0.1) is 0 Å². The fourth-order valence-electron chi connectivity index (χ4n) is 3.85. The van der Waals surface area contributed by atoms with E-state index in [1.807, 2.05) is 36.4 Å². The molecule has 2 aromatic rings. The van der Waals surface area contributed by atoms with Gasteiger partial charge in [-0.15, -0.1) is 0 Å². The molecule has 3 heteroatoms. The molecule has 2 N–H and O–H groups in total. The zero-order valence-corrected chi connectivity index (χ0v) is 27.2. The third-order valence-corrected chi connectivity index (χ3v) is 7.01. The molecule has 0 bridgehead atoms. The molecule has 0 radical (unpaired) electrons. The van der Waals surface area contributed by atoms with Crippen LogP contribution in [-0.4, -0.2) is 10.2 Å². The Labute approximate surface area is 246 Å². The Morgan fingerprint density at radius 1 is 0.541 bits per heavy atom. The second-order valence-corrected chi connectivity index (χ2v) is 10.4. The number of aromatic hydroxyl groups is 2. The molecule has 0 saturated heterocycles. The Bertz CT molecular complexity index is 1010. The summed E-state index contributed by atoms with van der Waals surface area (Å²) in [5.74, 6) is 1.61. The van der Waals surface area contributed by atoms with E-state index in [2.05, 4.69) is 81.4 Å². The second-order valence-electron chi connectivity index (χ2n) is 10.4. The molecule has 2 aromatic carbocycles. The monoisotopic (exact) mass is 578 g/mol. The third kappa shape index (κ3) is 11.9. The molecule has 2 nitrogen and oxygen atoms in total. The van der Waals surface area contributed by atoms with Crippen LogP contribution in [0.4, 0.5) is 0 Å². The second kappa shape index (κ2) is 17.4. The number of para-hydroxylation sites is 2. The van der Waals surface area contributed by atoms with Crippen LogP contribution in [0.1, 0.15) is 105 Å². The summed E-state index contributed by atoms with van der Waals surface area (Å²) in [6, 6.07) is 14.9. The molecule has 2 aliphatic carbocycles. The smallest absolute Gasteiger partial charge is 0.119 e. The molecule has 0 spiro atoms. The van der Waals surface area contributed by atoms with Gasteiger partial charge in [-0.25, -0.2) is 0 Å². The summed E-state index contributed by atoms with van der Waals surface area (Å²) >= 11 is 0. The van der Waals surface area contributed by atoms with Crippen molar-refractivity contribution in [2.24, 2.45) is 0 Å². The van der Waals surface area contributed by atoms with Crippen molar-refractivity contribution in [2.75, 3.05) is 0 Å². The molecular formula is C34H48O2Zr. The number of phenols is 2. The quantitative estimate of drug-likeness (QED) is 0.371. The maximum Gasteiger partial charge on any atom is 0.119 e. The van der Waals surface area contributed by atoms with Crippen LogP contribution in [0.3, 0.4) is 0 Å². The summed E-state index contributed by atoms with van der Waals surface area (Å²) in [5, 5.41) is 18.6. The summed E-state index contributed by atoms with van der Waals surface area (Å²) in [5.41, 5.74) is 11.0. The molecule has 0 aromatic heterocycles. The number of allylic oxidation sites excluding steroid dienone is 8. The Hall–Kier alpha value is -2.12. The molecule has 0 atom stereocenters. The van der Waals surface area contributed by atoms with Gasteiger partial charge in [0.15, 0.2) is 0 Å². The van der Waals surface area contributed by atoms with Crippen LogP contribution in [0.15, 0.2) is 94.1 Å². The average molecular weight is 580 g/mol. The molecular weight excluding hydrogens is 532 g/mol. The van der Waals surface area contributed by atoms with Crippen molar-refractivity contribution in [1.82, 2.24) is 0 Å². The number of rotatable bonds is 2. The first-order chi connectivity index (χ1) is 16.9. The van der Waals surface area contributed by atoms with Gasteiger partial charge in [0, 0.05) is 26.2 Å². The normalized spacial score (nSPS) is 14.1. The third-order valence-electron chi connectivity index (χ3n) is 7.01. The summed E-state index contributed by atoms with van der Waals surface area (Å²) in [6.07, 6.45) is 6.92. The van der Waals surface area contributed by atoms with Crippen molar-refractivity contribution in [3.63, 3.8) is 0 Å². The minimum atomic E-state index is 0. The van der Waals surface area contributed by atoms with Gasteiger partial charge >= 0.3 is 0 Å². The summed E-state index contributed by atoms with van der Waals surface area (Å²) < 4.78 is 0. The SMILES string of the molecule is CC(C)c1ccccc1O.CC(C)c1ccccc1O.CC1=CCC(C)=C1C.CC1=CCC(C)=C1C.[Zr]. The van der Waals surface area contributed by atoms with Gasteiger partial charge in [0.25, 0.3) is 0 Å². The molecule has 200 valence electrons. The van der Waals surface area contributed by atoms with Crippen LogP contribution in [0.25, 0.3) is 0 Å². The number of benzene rings is 2. The van der Waals surface area contributed by atoms with Crippen molar-refractivity contribution in [3.05, 3.63) is 105 Å². The summed E-state index contributed by atoms with van der Waals surface area (Å²) in [6.45, 7) is 21.4. The van der Waals surface area contributed by atoms with Crippen LogP contribution in [0.2, 0.25) is 0 Å². The molecule has 0 fully saturated rings. The topological polar surface area (TPSA) is 40.5 Å². The minimum absolute atomic E-state index is 0. The number of hydrogen-bond donors (Lipinski definition) is 2. The maximum atomic E-state index is 9.28. The standard InChI is InChI=1S/2C9H12O.2C8H12.Zr/c2*1-7(2)8-5-3-4-6-9(8)10;2*1-6-4-5-7(2)8(6)3;/h2*3-7,10H,1-2H3;2*4H,5H2,1-3H3;. The summed E-state index contributed by atoms with van der Waals surface area (Å²) in [7, 11) is 0. The Balaban J connectivity index is 0.000000465. The Morgan fingerprint density at radius 3 is 0.973 bits per heavy atom. The van der Waals surface area contributed by atoms with E-state index in [4.69, 9.17) is 0 Å². The predicted molar refractivity (Wildman–Crippen MR) is 158 cm³/mol. The van der Waals surface area contributed by atoms with Crippen LogP contribution in [-0.2, 0) is 26.2 Å². The fourth-order valence-corrected chi connectivity index (χ4v) is 3.85. The first kappa shape index (κ1) is 34.9. The molecule has 2 aliphatic rings. The van der Waals surface area contributed by atoms with Crippen molar-refractivity contribution in [1.29, 1.82) is 0 Å². The van der Waals surface area contributed by atoms with E-state index in [1.54, 1.807) is 12.1 Å². The first-order valence-electron chi connectivity index (χ1n) is 13.1. The molecule has 37 heavy (non-hydrogen) atoms. The van der Waals surface area contributed by atoms with Crippen LogP contribution in [0.5, 0.6) is 11.5 Å². The van der Waals surface area contributed by atoms with Gasteiger partial charge in [-0.05, 0) is 101 Å². The average Bonchev–Trinajstić information content (AvgIpc) is 3.30. The predicted octanol–water partition coefficient (Wildman–Crippen LogP) is 10.4. The van der Waals surface area contributed by atoms with E-state index >= 15 is 0 Å². The van der Waals surface area contributed by atoms with Gasteiger partial charge < -0.3 is 10.2 Å². The summed E-state index contributed by atoms with van der Waals surface area (Å²) in [4.78, 5) is 0. The molecule has 0 aliphatic heterocycles. The van der Waals surface area contributed by atoms with E-state index in [0.29, 0.717) is 23.3 Å². The largest absolute Gasteiger partial charge is 0.508 e. The van der Waals surface area contributed by atoms with Gasteiger partial charge in [0.2, 0.25) is 0 Å². The van der Waals surface area contributed by atoms with Gasteiger partial charge in [-0.3, -0.25) is 0 Å². The van der Waals surface area contributed by atoms with Crippen LogP contribution >= 0.6 is 0 Å². The van der Waals surface area contributed by atoms with Gasteiger partial charge in [-0.1, -0.05) is 98.5 Å². The van der Waals surface area contributed by atoms with Gasteiger partial charge in [0.1, 0.15) is 11.5 Å². The van der Waals surface area contributed by atoms with E-state index in [9.17, 15) is 10.2 Å². The number of hydrogen-bond acceptors (Lipinski definition) is 2. The number of phenolic OH excluding ortho intramolecular Hbond substituents is 2. The van der Waals surface area contributed by atoms with E-state index in [0.717, 1.165) is 11.1 Å². The zero-order chi connectivity index (χ0) is 27.4. The zero-order valence-electron chi connectivity index (χ0n) is 24.7. The molecule has 0 unspecified atom stereocenters. The Kier molecular flexibility index (Phi) is 16.4. The molecule has 4 rings (SSSR count). The van der Waals surface area contributed by atoms with Crippen LogP contribution < -0.4 is 0 Å². The van der Waals surface area contributed by atoms with Crippen molar-refractivity contribution < 1.29 is 36.4 Å². The first-order valence-corrected chi connectivity index (χ1v) is 13.1. The van der Waals surface area contributed by atoms with E-state index in [1.165, 1.54) is 46.3 Å². The molecule has 0 saturated carbocycles. The Morgan fingerprint density at radius 2 is 0.838 bits per heavy atom. The fraction of sp³-hybridized carbons (Fsp3) is 0.412. The van der Waals surface area contributed by atoms with E-state index < -0.39 is 0 Å². The van der Waals surface area contributed by atoms with Crippen molar-refractivity contribution in [2.45, 2.75) is 93.9 Å². The van der Waals surface area contributed by atoms with Crippen molar-refractivity contribution >= 4 is 0 Å². The van der Waals surface area contributed by atoms with Crippen molar-refractivity contribution in [3.8, 4) is 11.5 Å². The van der Waals surface area contributed by atoms with Gasteiger partial charge in [-0.2, -0.15) is 0 Å². The van der Waals surface area contributed by atoms with E-state index in [-0.39, 0.29) is 26.2 Å². The minimum Gasteiger partial charge on any atom is -0.508 e. The maximum absolute atomic E-state index is 9.28. The molecule has 0 amide bonds. The molecule has 0 heterocycles. The van der Waals surface area contributed by atoms with Gasteiger partial charge in [0.05, 0.1) is 0 Å².